The fourth-order valence-electron chi connectivity index (χ4n) is 2.30. The zero-order valence-corrected chi connectivity index (χ0v) is 14.2. The third-order valence-electron chi connectivity index (χ3n) is 3.79. The zero-order valence-electron chi connectivity index (χ0n) is 13.4. The fraction of sp³-hybridized carbons (Fsp3) is 0.316. The minimum absolute atomic E-state index is 0.0823. The molecule has 0 fully saturated rings. The van der Waals surface area contributed by atoms with Crippen LogP contribution in [0.2, 0.25) is 0 Å². The highest BCUT2D eigenvalue weighted by atomic mass is 32.2. The summed E-state index contributed by atoms with van der Waals surface area (Å²) in [5.74, 6) is 0.532. The number of carbonyl (C=O) groups is 1. The summed E-state index contributed by atoms with van der Waals surface area (Å²) in [4.78, 5) is 13.3. The lowest BCUT2D eigenvalue weighted by molar-refractivity contribution is -0.119. The smallest absolute Gasteiger partial charge is 0.230 e. The molecule has 3 heteroatoms. The van der Waals surface area contributed by atoms with Crippen LogP contribution in [0.4, 0.5) is 0 Å². The summed E-state index contributed by atoms with van der Waals surface area (Å²) in [6.45, 7) is 6.32. The quantitative estimate of drug-likeness (QED) is 0.786. The molecule has 0 aliphatic carbocycles. The Labute approximate surface area is 137 Å². The Hall–Kier alpha value is -1.74. The van der Waals surface area contributed by atoms with Gasteiger partial charge in [0.1, 0.15) is 0 Å². The normalized spacial score (nSPS) is 12.0. The summed E-state index contributed by atoms with van der Waals surface area (Å²) in [6, 6.07) is 16.5. The predicted molar refractivity (Wildman–Crippen MR) is 94.3 cm³/mol. The van der Waals surface area contributed by atoms with Crippen molar-refractivity contribution >= 4 is 17.7 Å². The first-order valence-corrected chi connectivity index (χ1v) is 8.63. The van der Waals surface area contributed by atoms with Crippen molar-refractivity contribution in [3.63, 3.8) is 0 Å². The number of thioether (sulfide) groups is 1. The van der Waals surface area contributed by atoms with Crippen LogP contribution in [-0.2, 0) is 4.79 Å². The molecule has 116 valence electrons. The van der Waals surface area contributed by atoms with Crippen LogP contribution >= 0.6 is 11.8 Å². The van der Waals surface area contributed by atoms with Gasteiger partial charge in [0.15, 0.2) is 0 Å². The highest BCUT2D eigenvalue weighted by molar-refractivity contribution is 8.00. The molecule has 0 bridgehead atoms. The molecule has 0 aliphatic rings. The molecule has 0 aliphatic heterocycles. The Kier molecular flexibility index (Phi) is 6.08. The van der Waals surface area contributed by atoms with E-state index in [1.165, 1.54) is 16.7 Å². The van der Waals surface area contributed by atoms with E-state index in [9.17, 15) is 4.79 Å². The summed E-state index contributed by atoms with van der Waals surface area (Å²) in [5, 5.41) is 3.14. The largest absolute Gasteiger partial charge is 0.349 e. The molecule has 2 aromatic carbocycles. The van der Waals surface area contributed by atoms with Crippen molar-refractivity contribution < 1.29 is 4.79 Å². The molecule has 1 N–H and O–H groups in total. The molecule has 0 radical (unpaired) electrons. The zero-order chi connectivity index (χ0) is 15.9. The Morgan fingerprint density at radius 2 is 1.82 bits per heavy atom. The van der Waals surface area contributed by atoms with E-state index in [4.69, 9.17) is 0 Å². The number of carbonyl (C=O) groups excluding carboxylic acids is 1. The van der Waals surface area contributed by atoms with Crippen molar-refractivity contribution in [2.24, 2.45) is 0 Å². The maximum absolute atomic E-state index is 12.2. The Morgan fingerprint density at radius 3 is 2.45 bits per heavy atom. The van der Waals surface area contributed by atoms with Gasteiger partial charge < -0.3 is 5.32 Å². The van der Waals surface area contributed by atoms with E-state index in [0.717, 1.165) is 11.3 Å². The number of hydrogen-bond acceptors (Lipinski definition) is 2. The first-order valence-electron chi connectivity index (χ1n) is 7.64. The van der Waals surface area contributed by atoms with E-state index in [2.05, 4.69) is 44.3 Å². The summed E-state index contributed by atoms with van der Waals surface area (Å²) in [5.41, 5.74) is 3.73. The van der Waals surface area contributed by atoms with Gasteiger partial charge in [-0.05, 0) is 49.1 Å². The summed E-state index contributed by atoms with van der Waals surface area (Å²) in [6.07, 6.45) is 0.893. The first-order chi connectivity index (χ1) is 10.6. The van der Waals surface area contributed by atoms with Crippen LogP contribution in [0.1, 0.15) is 36.1 Å². The molecule has 0 spiro atoms. The number of rotatable bonds is 6. The van der Waals surface area contributed by atoms with Crippen molar-refractivity contribution in [1.82, 2.24) is 5.32 Å². The molecule has 0 saturated carbocycles. The molecular weight excluding hydrogens is 290 g/mol. The van der Waals surface area contributed by atoms with Crippen molar-refractivity contribution in [2.45, 2.75) is 38.1 Å². The second-order valence-electron chi connectivity index (χ2n) is 5.47. The van der Waals surface area contributed by atoms with Gasteiger partial charge in [-0.3, -0.25) is 4.79 Å². The molecule has 2 aromatic rings. The molecule has 0 aromatic heterocycles. The van der Waals surface area contributed by atoms with Crippen LogP contribution < -0.4 is 5.32 Å². The number of hydrogen-bond donors (Lipinski definition) is 1. The Bertz CT molecular complexity index is 625. The lowest BCUT2D eigenvalue weighted by Gasteiger charge is -2.18. The molecule has 1 atom stereocenters. The van der Waals surface area contributed by atoms with E-state index in [0.29, 0.717) is 5.75 Å². The summed E-state index contributed by atoms with van der Waals surface area (Å²) >= 11 is 1.57. The number of nitrogens with one attached hydrogen (secondary N) is 1. The standard InChI is InChI=1S/C19H23NOS/c1-4-18(16-11-10-14(2)15(3)12-16)20-19(21)13-22-17-8-6-5-7-9-17/h5-12,18H,4,13H2,1-3H3,(H,20,21)/t18-/m1/s1. The van der Waals surface area contributed by atoms with Gasteiger partial charge in [-0.25, -0.2) is 0 Å². The SMILES string of the molecule is CC[C@@H](NC(=O)CSc1ccccc1)c1ccc(C)c(C)c1. The van der Waals surface area contributed by atoms with Crippen molar-refractivity contribution in [3.8, 4) is 0 Å². The van der Waals surface area contributed by atoms with Crippen LogP contribution in [0.25, 0.3) is 0 Å². The molecular formula is C19H23NOS. The van der Waals surface area contributed by atoms with Crippen LogP contribution in [0.15, 0.2) is 53.4 Å². The average molecular weight is 313 g/mol. The average Bonchev–Trinajstić information content (AvgIpc) is 2.54. The maximum Gasteiger partial charge on any atom is 0.230 e. The van der Waals surface area contributed by atoms with Crippen LogP contribution in [0.5, 0.6) is 0 Å². The van der Waals surface area contributed by atoms with Crippen molar-refractivity contribution in [1.29, 1.82) is 0 Å². The van der Waals surface area contributed by atoms with Crippen LogP contribution in [0, 0.1) is 13.8 Å². The molecule has 2 rings (SSSR count). The van der Waals surface area contributed by atoms with E-state index in [1.807, 2.05) is 30.3 Å². The second kappa shape index (κ2) is 8.04. The van der Waals surface area contributed by atoms with E-state index in [1.54, 1.807) is 11.8 Å². The van der Waals surface area contributed by atoms with E-state index < -0.39 is 0 Å². The van der Waals surface area contributed by atoms with Gasteiger partial charge in [0, 0.05) is 4.90 Å². The summed E-state index contributed by atoms with van der Waals surface area (Å²) in [7, 11) is 0. The predicted octanol–water partition coefficient (Wildman–Crippen LogP) is 4.66. The van der Waals surface area contributed by atoms with Crippen LogP contribution in [0.3, 0.4) is 0 Å². The maximum atomic E-state index is 12.2. The topological polar surface area (TPSA) is 29.1 Å². The molecule has 0 heterocycles. The molecule has 2 nitrogen and oxygen atoms in total. The second-order valence-corrected chi connectivity index (χ2v) is 6.52. The first kappa shape index (κ1) is 16.6. The van der Waals surface area contributed by atoms with Gasteiger partial charge in [-0.15, -0.1) is 11.8 Å². The number of amides is 1. The lowest BCUT2D eigenvalue weighted by Crippen LogP contribution is -2.29. The lowest BCUT2D eigenvalue weighted by atomic mass is 9.99. The highest BCUT2D eigenvalue weighted by Crippen LogP contribution is 2.21. The van der Waals surface area contributed by atoms with Gasteiger partial charge in [0.25, 0.3) is 0 Å². The van der Waals surface area contributed by atoms with Crippen molar-refractivity contribution in [2.75, 3.05) is 5.75 Å². The third-order valence-corrected chi connectivity index (χ3v) is 4.80. The van der Waals surface area contributed by atoms with Gasteiger partial charge in [0.2, 0.25) is 5.91 Å². The van der Waals surface area contributed by atoms with Crippen LogP contribution in [-0.4, -0.2) is 11.7 Å². The van der Waals surface area contributed by atoms with E-state index in [-0.39, 0.29) is 11.9 Å². The monoisotopic (exact) mass is 313 g/mol. The van der Waals surface area contributed by atoms with Gasteiger partial charge >= 0.3 is 0 Å². The van der Waals surface area contributed by atoms with Crippen molar-refractivity contribution in [3.05, 3.63) is 65.2 Å². The Balaban J connectivity index is 1.94. The van der Waals surface area contributed by atoms with Gasteiger partial charge in [-0.1, -0.05) is 43.3 Å². The number of benzene rings is 2. The third kappa shape index (κ3) is 4.63. The summed E-state index contributed by atoms with van der Waals surface area (Å²) < 4.78 is 0. The minimum atomic E-state index is 0.0823. The fourth-order valence-corrected chi connectivity index (χ4v) is 3.03. The molecule has 1 amide bonds. The minimum Gasteiger partial charge on any atom is -0.349 e. The molecule has 22 heavy (non-hydrogen) atoms. The van der Waals surface area contributed by atoms with Gasteiger partial charge in [0.05, 0.1) is 11.8 Å². The Morgan fingerprint density at radius 1 is 1.09 bits per heavy atom. The van der Waals surface area contributed by atoms with E-state index >= 15 is 0 Å². The molecule has 0 unspecified atom stereocenters. The number of aryl methyl sites for hydroxylation is 2. The highest BCUT2D eigenvalue weighted by Gasteiger charge is 2.13. The molecule has 0 saturated heterocycles. The van der Waals surface area contributed by atoms with Gasteiger partial charge in [-0.2, -0.15) is 0 Å².